The van der Waals surface area contributed by atoms with Gasteiger partial charge in [-0.15, -0.1) is 0 Å². The van der Waals surface area contributed by atoms with Crippen molar-refractivity contribution in [3.8, 4) is 11.4 Å². The zero-order valence-electron chi connectivity index (χ0n) is 16.0. The van der Waals surface area contributed by atoms with E-state index in [1.54, 1.807) is 17.1 Å². The van der Waals surface area contributed by atoms with Crippen LogP contribution in [0.5, 0.6) is 0 Å². The van der Waals surface area contributed by atoms with Crippen LogP contribution in [-0.2, 0) is 11.8 Å². The summed E-state index contributed by atoms with van der Waals surface area (Å²) < 4.78 is 7.26. The Hall–Kier alpha value is -2.58. The lowest BCUT2D eigenvalue weighted by atomic mass is 10.2. The summed E-state index contributed by atoms with van der Waals surface area (Å²) in [4.78, 5) is 18.4. The third-order valence-electron chi connectivity index (χ3n) is 5.06. The number of morpholine rings is 1. The van der Waals surface area contributed by atoms with Crippen molar-refractivity contribution in [3.63, 3.8) is 0 Å². The molecule has 0 N–H and O–H groups in total. The molecule has 1 aliphatic rings. The molecule has 1 aliphatic heterocycles. The summed E-state index contributed by atoms with van der Waals surface area (Å²) in [5, 5.41) is 5.35. The number of rotatable bonds is 5. The highest BCUT2D eigenvalue weighted by molar-refractivity contribution is 5.88. The fourth-order valence-electron chi connectivity index (χ4n) is 3.54. The Labute approximate surface area is 158 Å². The van der Waals surface area contributed by atoms with Crippen molar-refractivity contribution < 1.29 is 4.74 Å². The number of anilines is 1. The maximum atomic E-state index is 5.47. The van der Waals surface area contributed by atoms with Gasteiger partial charge in [0.25, 0.3) is 0 Å². The molecule has 4 rings (SSSR count). The first-order valence-electron chi connectivity index (χ1n) is 9.26. The molecule has 3 aromatic heterocycles. The molecule has 8 nitrogen and oxygen atoms in total. The summed E-state index contributed by atoms with van der Waals surface area (Å²) in [6, 6.07) is 4.28. The molecule has 27 heavy (non-hydrogen) atoms. The third kappa shape index (κ3) is 3.63. The molecule has 0 bridgehead atoms. The van der Waals surface area contributed by atoms with Gasteiger partial charge >= 0.3 is 0 Å². The molecule has 8 heteroatoms. The van der Waals surface area contributed by atoms with Crippen molar-refractivity contribution in [1.29, 1.82) is 0 Å². The first kappa shape index (κ1) is 17.8. The van der Waals surface area contributed by atoms with Crippen molar-refractivity contribution >= 4 is 16.9 Å². The summed E-state index contributed by atoms with van der Waals surface area (Å²) in [6.45, 7) is 6.68. The molecule has 0 aromatic carbocycles. The molecule has 3 aromatic rings. The van der Waals surface area contributed by atoms with Crippen LogP contribution in [0, 0.1) is 0 Å². The Morgan fingerprint density at radius 1 is 1.22 bits per heavy atom. The van der Waals surface area contributed by atoms with Gasteiger partial charge in [0.15, 0.2) is 11.5 Å². The van der Waals surface area contributed by atoms with Crippen molar-refractivity contribution in [2.45, 2.75) is 13.0 Å². The lowest BCUT2D eigenvalue weighted by Gasteiger charge is -2.34. The first-order valence-corrected chi connectivity index (χ1v) is 9.26. The summed E-state index contributed by atoms with van der Waals surface area (Å²) in [6.07, 6.45) is 5.38. The van der Waals surface area contributed by atoms with Gasteiger partial charge in [-0.3, -0.25) is 14.6 Å². The zero-order valence-corrected chi connectivity index (χ0v) is 16.0. The zero-order chi connectivity index (χ0) is 18.8. The molecule has 0 unspecified atom stereocenters. The fourth-order valence-corrected chi connectivity index (χ4v) is 3.54. The second kappa shape index (κ2) is 7.58. The van der Waals surface area contributed by atoms with Crippen molar-refractivity contribution in [1.82, 2.24) is 29.6 Å². The smallest absolute Gasteiger partial charge is 0.165 e. The van der Waals surface area contributed by atoms with E-state index < -0.39 is 0 Å². The molecule has 0 radical (unpaired) electrons. The van der Waals surface area contributed by atoms with E-state index in [2.05, 4.69) is 33.9 Å². The molecular weight excluding hydrogens is 342 g/mol. The van der Waals surface area contributed by atoms with Gasteiger partial charge in [0.1, 0.15) is 5.82 Å². The quantitative estimate of drug-likeness (QED) is 0.678. The lowest BCUT2D eigenvalue weighted by molar-refractivity contribution is 0.0218. The predicted molar refractivity (Wildman–Crippen MR) is 105 cm³/mol. The van der Waals surface area contributed by atoms with Gasteiger partial charge in [-0.2, -0.15) is 5.10 Å². The lowest BCUT2D eigenvalue weighted by Crippen LogP contribution is -2.46. The van der Waals surface area contributed by atoms with E-state index >= 15 is 0 Å². The minimum atomic E-state index is 0.405. The van der Waals surface area contributed by atoms with Gasteiger partial charge < -0.3 is 9.64 Å². The van der Waals surface area contributed by atoms with Crippen LogP contribution in [0.3, 0.4) is 0 Å². The second-order valence-electron chi connectivity index (χ2n) is 7.00. The molecule has 1 atom stereocenters. The van der Waals surface area contributed by atoms with E-state index in [0.29, 0.717) is 11.9 Å². The highest BCUT2D eigenvalue weighted by Crippen LogP contribution is 2.26. The number of nitrogens with zero attached hydrogens (tertiary/aromatic N) is 7. The largest absolute Gasteiger partial charge is 0.379 e. The van der Waals surface area contributed by atoms with Crippen LogP contribution in [0.1, 0.15) is 6.92 Å². The number of aromatic nitrogens is 5. The van der Waals surface area contributed by atoms with Crippen molar-refractivity contribution in [3.05, 3.63) is 30.7 Å². The molecule has 0 spiro atoms. The van der Waals surface area contributed by atoms with E-state index in [-0.39, 0.29) is 0 Å². The number of pyridine rings is 1. The molecule has 0 amide bonds. The van der Waals surface area contributed by atoms with Gasteiger partial charge in [0, 0.05) is 57.7 Å². The highest BCUT2D eigenvalue weighted by atomic mass is 16.5. The Balaban J connectivity index is 1.67. The fraction of sp³-hybridized carbons (Fsp3) is 0.474. The van der Waals surface area contributed by atoms with Crippen LogP contribution in [0.4, 0.5) is 5.82 Å². The standard InChI is InChI=1S/C19H25N7O/c1-14(26-7-9-27-10-8-26)13-24(2)18-16-12-21-25(3)19(16)23-17(22-18)15-5-4-6-20-11-15/h4-6,11-12,14H,7-10,13H2,1-3H3/t14-/m0/s1. The van der Waals surface area contributed by atoms with Crippen LogP contribution >= 0.6 is 0 Å². The molecule has 0 aliphatic carbocycles. The van der Waals surface area contributed by atoms with E-state index in [1.807, 2.05) is 25.4 Å². The van der Waals surface area contributed by atoms with Crippen LogP contribution in [0.2, 0.25) is 0 Å². The maximum absolute atomic E-state index is 5.47. The summed E-state index contributed by atoms with van der Waals surface area (Å²) in [5.74, 6) is 1.56. The van der Waals surface area contributed by atoms with E-state index in [9.17, 15) is 0 Å². The second-order valence-corrected chi connectivity index (χ2v) is 7.00. The van der Waals surface area contributed by atoms with Gasteiger partial charge in [0.2, 0.25) is 0 Å². The summed E-state index contributed by atoms with van der Waals surface area (Å²) in [5.41, 5.74) is 1.72. The van der Waals surface area contributed by atoms with Gasteiger partial charge in [-0.05, 0) is 19.1 Å². The van der Waals surface area contributed by atoms with Crippen LogP contribution < -0.4 is 4.90 Å². The normalized spacial score (nSPS) is 16.6. The minimum Gasteiger partial charge on any atom is -0.379 e. The molecule has 1 fully saturated rings. The molecule has 4 heterocycles. The first-order chi connectivity index (χ1) is 13.1. The molecule has 1 saturated heterocycles. The number of hydrogen-bond acceptors (Lipinski definition) is 7. The molecule has 0 saturated carbocycles. The average molecular weight is 367 g/mol. The van der Waals surface area contributed by atoms with Crippen LogP contribution in [-0.4, -0.2) is 75.6 Å². The van der Waals surface area contributed by atoms with E-state index in [0.717, 1.165) is 55.3 Å². The van der Waals surface area contributed by atoms with Crippen molar-refractivity contribution in [2.24, 2.45) is 7.05 Å². The van der Waals surface area contributed by atoms with E-state index in [1.165, 1.54) is 0 Å². The highest BCUT2D eigenvalue weighted by Gasteiger charge is 2.21. The number of aryl methyl sites for hydroxylation is 1. The SMILES string of the molecule is C[C@@H](CN(C)c1nc(-c2cccnc2)nc2c1cnn2C)N1CCOCC1. The van der Waals surface area contributed by atoms with Gasteiger partial charge in [0.05, 0.1) is 24.8 Å². The van der Waals surface area contributed by atoms with Crippen LogP contribution in [0.25, 0.3) is 22.4 Å². The molecule has 142 valence electrons. The maximum Gasteiger partial charge on any atom is 0.165 e. The van der Waals surface area contributed by atoms with Crippen LogP contribution in [0.15, 0.2) is 30.7 Å². The molecular formula is C19H25N7O. The average Bonchev–Trinajstić information content (AvgIpc) is 3.09. The topological polar surface area (TPSA) is 72.2 Å². The van der Waals surface area contributed by atoms with Gasteiger partial charge in [-0.1, -0.05) is 0 Å². The Kier molecular flexibility index (Phi) is 5.00. The predicted octanol–water partition coefficient (Wildman–Crippen LogP) is 1.58. The van der Waals surface area contributed by atoms with Gasteiger partial charge in [-0.25, -0.2) is 9.97 Å². The van der Waals surface area contributed by atoms with Crippen molar-refractivity contribution in [2.75, 3.05) is 44.8 Å². The number of likely N-dealkylation sites (N-methyl/N-ethyl adjacent to an activating group) is 1. The Morgan fingerprint density at radius 3 is 2.78 bits per heavy atom. The Morgan fingerprint density at radius 2 is 2.04 bits per heavy atom. The number of ether oxygens (including phenoxy) is 1. The minimum absolute atomic E-state index is 0.405. The summed E-state index contributed by atoms with van der Waals surface area (Å²) >= 11 is 0. The van der Waals surface area contributed by atoms with E-state index in [4.69, 9.17) is 14.7 Å². The Bertz CT molecular complexity index is 905. The third-order valence-corrected chi connectivity index (χ3v) is 5.06. The number of hydrogen-bond donors (Lipinski definition) is 0. The summed E-state index contributed by atoms with van der Waals surface area (Å²) in [7, 11) is 3.99. The number of fused-ring (bicyclic) bond motifs is 1. The monoisotopic (exact) mass is 367 g/mol.